The van der Waals surface area contributed by atoms with Gasteiger partial charge in [-0.1, -0.05) is 26.2 Å². The first-order valence-electron chi connectivity index (χ1n) is 6.69. The smallest absolute Gasteiger partial charge is 0.242 e. The molecule has 0 radical (unpaired) electrons. The van der Waals surface area contributed by atoms with Crippen LogP contribution in [0, 0.1) is 11.8 Å². The van der Waals surface area contributed by atoms with Crippen LogP contribution in [0.5, 0.6) is 0 Å². The van der Waals surface area contributed by atoms with Crippen LogP contribution in [0.2, 0.25) is 0 Å². The number of nitrogens with one attached hydrogen (secondary N) is 1. The molecule has 2 amide bonds. The second-order valence-electron chi connectivity index (χ2n) is 5.52. The van der Waals surface area contributed by atoms with E-state index in [9.17, 15) is 9.59 Å². The SMILES string of the molecule is CC1CCCC(CCN2CC(=O)NCC2=O)C1. The highest BCUT2D eigenvalue weighted by molar-refractivity contribution is 5.92. The van der Waals surface area contributed by atoms with E-state index in [4.69, 9.17) is 0 Å². The van der Waals surface area contributed by atoms with E-state index in [-0.39, 0.29) is 24.9 Å². The van der Waals surface area contributed by atoms with Crippen molar-refractivity contribution >= 4 is 11.8 Å². The van der Waals surface area contributed by atoms with Crippen molar-refractivity contribution in [3.63, 3.8) is 0 Å². The molecule has 2 aliphatic rings. The molecule has 2 fully saturated rings. The molecule has 2 unspecified atom stereocenters. The summed E-state index contributed by atoms with van der Waals surface area (Å²) in [4.78, 5) is 24.5. The van der Waals surface area contributed by atoms with Gasteiger partial charge in [0.15, 0.2) is 0 Å². The Hall–Kier alpha value is -1.06. The van der Waals surface area contributed by atoms with Gasteiger partial charge < -0.3 is 10.2 Å². The van der Waals surface area contributed by atoms with Crippen LogP contribution in [0.15, 0.2) is 0 Å². The number of hydrogen-bond donors (Lipinski definition) is 1. The highest BCUT2D eigenvalue weighted by Gasteiger charge is 2.25. The molecule has 17 heavy (non-hydrogen) atoms. The summed E-state index contributed by atoms with van der Waals surface area (Å²) in [5, 5.41) is 2.58. The monoisotopic (exact) mass is 238 g/mol. The van der Waals surface area contributed by atoms with E-state index in [0.29, 0.717) is 0 Å². The molecule has 4 heteroatoms. The van der Waals surface area contributed by atoms with E-state index in [1.165, 1.54) is 25.7 Å². The van der Waals surface area contributed by atoms with E-state index in [1.54, 1.807) is 4.90 Å². The van der Waals surface area contributed by atoms with Crippen molar-refractivity contribution in [3.05, 3.63) is 0 Å². The van der Waals surface area contributed by atoms with Crippen molar-refractivity contribution in [1.29, 1.82) is 0 Å². The highest BCUT2D eigenvalue weighted by Crippen LogP contribution is 2.30. The minimum atomic E-state index is -0.0263. The van der Waals surface area contributed by atoms with Crippen molar-refractivity contribution < 1.29 is 9.59 Å². The average Bonchev–Trinajstić information content (AvgIpc) is 2.30. The number of amides is 2. The van der Waals surface area contributed by atoms with Crippen LogP contribution < -0.4 is 5.32 Å². The van der Waals surface area contributed by atoms with Crippen molar-refractivity contribution in [2.45, 2.75) is 39.0 Å². The second-order valence-corrected chi connectivity index (χ2v) is 5.52. The number of piperazine rings is 1. The molecule has 1 N–H and O–H groups in total. The molecular weight excluding hydrogens is 216 g/mol. The van der Waals surface area contributed by atoms with Gasteiger partial charge >= 0.3 is 0 Å². The van der Waals surface area contributed by atoms with Gasteiger partial charge in [0.2, 0.25) is 11.8 Å². The Morgan fingerprint density at radius 1 is 1.35 bits per heavy atom. The predicted molar refractivity (Wildman–Crippen MR) is 65.3 cm³/mol. The summed E-state index contributed by atoms with van der Waals surface area (Å²) in [6.07, 6.45) is 6.30. The maximum absolute atomic E-state index is 11.6. The van der Waals surface area contributed by atoms with Gasteiger partial charge in [0.1, 0.15) is 0 Å². The van der Waals surface area contributed by atoms with Gasteiger partial charge in [-0.3, -0.25) is 9.59 Å². The van der Waals surface area contributed by atoms with Crippen molar-refractivity contribution in [3.8, 4) is 0 Å². The lowest BCUT2D eigenvalue weighted by molar-refractivity contribution is -0.140. The lowest BCUT2D eigenvalue weighted by Crippen LogP contribution is -2.51. The van der Waals surface area contributed by atoms with Crippen molar-refractivity contribution in [2.24, 2.45) is 11.8 Å². The second kappa shape index (κ2) is 5.52. The molecule has 1 aliphatic heterocycles. The third-order valence-corrected chi connectivity index (χ3v) is 3.98. The van der Waals surface area contributed by atoms with Crippen molar-refractivity contribution in [1.82, 2.24) is 10.2 Å². The molecule has 0 spiro atoms. The fraction of sp³-hybridized carbons (Fsp3) is 0.846. The van der Waals surface area contributed by atoms with E-state index >= 15 is 0 Å². The average molecular weight is 238 g/mol. The lowest BCUT2D eigenvalue weighted by Gasteiger charge is -2.31. The zero-order valence-electron chi connectivity index (χ0n) is 10.6. The largest absolute Gasteiger partial charge is 0.345 e. The highest BCUT2D eigenvalue weighted by atomic mass is 16.2. The number of hydrogen-bond acceptors (Lipinski definition) is 2. The Kier molecular flexibility index (Phi) is 4.02. The first kappa shape index (κ1) is 12.4. The molecule has 1 saturated carbocycles. The Morgan fingerprint density at radius 3 is 2.94 bits per heavy atom. The number of rotatable bonds is 3. The van der Waals surface area contributed by atoms with Gasteiger partial charge in [-0.15, -0.1) is 0 Å². The molecule has 1 aliphatic carbocycles. The minimum Gasteiger partial charge on any atom is -0.345 e. The van der Waals surface area contributed by atoms with Gasteiger partial charge in [-0.2, -0.15) is 0 Å². The van der Waals surface area contributed by atoms with Crippen LogP contribution in [-0.2, 0) is 9.59 Å². The van der Waals surface area contributed by atoms with Gasteiger partial charge in [-0.25, -0.2) is 0 Å². The third-order valence-electron chi connectivity index (χ3n) is 3.98. The Bertz CT molecular complexity index is 304. The topological polar surface area (TPSA) is 49.4 Å². The molecular formula is C13H22N2O2. The normalized spacial score (nSPS) is 30.3. The zero-order valence-corrected chi connectivity index (χ0v) is 10.6. The van der Waals surface area contributed by atoms with Crippen LogP contribution in [0.3, 0.4) is 0 Å². The molecule has 2 rings (SSSR count). The van der Waals surface area contributed by atoms with Gasteiger partial charge in [0.05, 0.1) is 13.1 Å². The predicted octanol–water partition coefficient (Wildman–Crippen LogP) is 1.16. The van der Waals surface area contributed by atoms with Crippen LogP contribution in [0.4, 0.5) is 0 Å². The summed E-state index contributed by atoms with van der Waals surface area (Å²) in [6.45, 7) is 3.50. The summed E-state index contributed by atoms with van der Waals surface area (Å²) in [5.74, 6) is 1.61. The molecule has 4 nitrogen and oxygen atoms in total. The molecule has 0 aromatic heterocycles. The summed E-state index contributed by atoms with van der Waals surface area (Å²) in [5.41, 5.74) is 0. The fourth-order valence-corrected chi connectivity index (χ4v) is 2.97. The minimum absolute atomic E-state index is 0.0263. The Labute approximate surface area is 103 Å². The molecule has 0 bridgehead atoms. The standard InChI is InChI=1S/C13H22N2O2/c1-10-3-2-4-11(7-10)5-6-15-9-12(16)14-8-13(15)17/h10-11H,2-9H2,1H3,(H,14,16). The Balaban J connectivity index is 1.76. The summed E-state index contributed by atoms with van der Waals surface area (Å²) in [7, 11) is 0. The number of nitrogens with zero attached hydrogens (tertiary/aromatic N) is 1. The van der Waals surface area contributed by atoms with Crippen molar-refractivity contribution in [2.75, 3.05) is 19.6 Å². The van der Waals surface area contributed by atoms with E-state index in [0.717, 1.165) is 24.8 Å². The Morgan fingerprint density at radius 2 is 2.18 bits per heavy atom. The number of carbonyl (C=O) groups is 2. The third kappa shape index (κ3) is 3.45. The fourth-order valence-electron chi connectivity index (χ4n) is 2.97. The molecule has 0 aromatic rings. The van der Waals surface area contributed by atoms with Crippen LogP contribution in [-0.4, -0.2) is 36.3 Å². The van der Waals surface area contributed by atoms with Crippen LogP contribution in [0.25, 0.3) is 0 Å². The quantitative estimate of drug-likeness (QED) is 0.802. The first-order valence-corrected chi connectivity index (χ1v) is 6.69. The maximum atomic E-state index is 11.6. The van der Waals surface area contributed by atoms with Crippen LogP contribution >= 0.6 is 0 Å². The van der Waals surface area contributed by atoms with E-state index < -0.39 is 0 Å². The van der Waals surface area contributed by atoms with Crippen LogP contribution in [0.1, 0.15) is 39.0 Å². The first-order chi connectivity index (χ1) is 8.15. The molecule has 0 aromatic carbocycles. The maximum Gasteiger partial charge on any atom is 0.242 e. The van der Waals surface area contributed by atoms with Gasteiger partial charge in [0, 0.05) is 6.54 Å². The lowest BCUT2D eigenvalue weighted by atomic mass is 9.81. The molecule has 1 saturated heterocycles. The molecule has 1 heterocycles. The van der Waals surface area contributed by atoms with E-state index in [2.05, 4.69) is 12.2 Å². The number of carbonyl (C=O) groups excluding carboxylic acids is 2. The molecule has 96 valence electrons. The summed E-state index contributed by atoms with van der Waals surface area (Å²) < 4.78 is 0. The zero-order chi connectivity index (χ0) is 12.3. The summed E-state index contributed by atoms with van der Waals surface area (Å²) in [6, 6.07) is 0. The van der Waals surface area contributed by atoms with E-state index in [1.807, 2.05) is 0 Å². The molecule has 2 atom stereocenters. The summed E-state index contributed by atoms with van der Waals surface area (Å²) >= 11 is 0. The van der Waals surface area contributed by atoms with Gasteiger partial charge in [0.25, 0.3) is 0 Å². The van der Waals surface area contributed by atoms with Gasteiger partial charge in [-0.05, 0) is 24.7 Å².